The topological polar surface area (TPSA) is 76.8 Å². The molecule has 3 aliphatic rings. The van der Waals surface area contributed by atoms with E-state index >= 15 is 0 Å². The summed E-state index contributed by atoms with van der Waals surface area (Å²) in [7, 11) is 3.32. The van der Waals surface area contributed by atoms with Crippen LogP contribution in [-0.2, 0) is 30.6 Å². The number of fused-ring (bicyclic) bond motifs is 1. The highest BCUT2D eigenvalue weighted by molar-refractivity contribution is 5.77. The number of nitrogens with one attached hydrogen (secondary N) is 1. The van der Waals surface area contributed by atoms with Crippen molar-refractivity contribution in [1.82, 2.24) is 15.4 Å². The van der Waals surface area contributed by atoms with Gasteiger partial charge in [-0.2, -0.15) is 0 Å². The van der Waals surface area contributed by atoms with Gasteiger partial charge < -0.3 is 24.2 Å². The van der Waals surface area contributed by atoms with Crippen LogP contribution in [0.5, 0.6) is 11.5 Å². The summed E-state index contributed by atoms with van der Waals surface area (Å²) in [4.78, 5) is 15.4. The van der Waals surface area contributed by atoms with Crippen LogP contribution in [0.2, 0.25) is 0 Å². The highest BCUT2D eigenvalue weighted by Gasteiger charge is 2.31. The van der Waals surface area contributed by atoms with Crippen LogP contribution in [-0.4, -0.2) is 49.8 Å². The Morgan fingerprint density at radius 1 is 1.03 bits per heavy atom. The second-order valence-electron chi connectivity index (χ2n) is 11.0. The number of benzene rings is 1. The lowest BCUT2D eigenvalue weighted by Crippen LogP contribution is -2.42. The maximum Gasteiger partial charge on any atom is 0.223 e. The molecular weight excluding hydrogens is 454 g/mol. The van der Waals surface area contributed by atoms with Gasteiger partial charge >= 0.3 is 0 Å². The Balaban J connectivity index is 1.18. The van der Waals surface area contributed by atoms with Gasteiger partial charge in [-0.05, 0) is 73.4 Å². The molecule has 7 heteroatoms. The lowest BCUT2D eigenvalue weighted by Gasteiger charge is -2.35. The van der Waals surface area contributed by atoms with Crippen LogP contribution >= 0.6 is 0 Å². The summed E-state index contributed by atoms with van der Waals surface area (Å²) < 4.78 is 16.7. The van der Waals surface area contributed by atoms with Gasteiger partial charge in [0.1, 0.15) is 5.76 Å². The maximum atomic E-state index is 13.4. The third kappa shape index (κ3) is 5.88. The zero-order valence-corrected chi connectivity index (χ0v) is 21.9. The van der Waals surface area contributed by atoms with Gasteiger partial charge in [-0.15, -0.1) is 0 Å². The minimum Gasteiger partial charge on any atom is -0.493 e. The summed E-state index contributed by atoms with van der Waals surface area (Å²) in [5.74, 6) is 4.28. The van der Waals surface area contributed by atoms with Crippen molar-refractivity contribution in [3.05, 3.63) is 40.8 Å². The van der Waals surface area contributed by atoms with E-state index in [0.29, 0.717) is 24.8 Å². The van der Waals surface area contributed by atoms with E-state index in [1.807, 2.05) is 11.0 Å². The molecule has 1 saturated carbocycles. The van der Waals surface area contributed by atoms with Crippen LogP contribution < -0.4 is 14.8 Å². The monoisotopic (exact) mass is 495 g/mol. The number of ether oxygens (including phenoxy) is 2. The predicted molar refractivity (Wildman–Crippen MR) is 138 cm³/mol. The quantitative estimate of drug-likeness (QED) is 0.579. The molecule has 1 N–H and O–H groups in total. The predicted octanol–water partition coefficient (Wildman–Crippen LogP) is 4.56. The Bertz CT molecular complexity index is 1030. The van der Waals surface area contributed by atoms with Gasteiger partial charge in [0, 0.05) is 32.0 Å². The van der Waals surface area contributed by atoms with Gasteiger partial charge in [0.05, 0.1) is 19.9 Å². The average molecular weight is 496 g/mol. The van der Waals surface area contributed by atoms with Crippen molar-refractivity contribution in [2.75, 3.05) is 33.9 Å². The standard InChI is InChI=1S/C29H41N3O4/c1-34-27-14-22-9-11-32(19-24(22)15-28(27)35-2)29(33)16-21-8-10-30-18-23(21)13-25-17-26(36-31-25)12-20-6-4-3-5-7-20/h14-15,17,20-21,23,30H,3-13,16,18-19H2,1-2H3. The second-order valence-corrected chi connectivity index (χ2v) is 11.0. The Labute approximate surface area is 214 Å². The maximum absolute atomic E-state index is 13.4. The molecule has 2 unspecified atom stereocenters. The summed E-state index contributed by atoms with van der Waals surface area (Å²) in [6.07, 6.45) is 11.1. The number of nitrogens with zero attached hydrogens (tertiary/aromatic N) is 2. The van der Waals surface area contributed by atoms with Crippen LogP contribution in [0, 0.1) is 17.8 Å². The largest absolute Gasteiger partial charge is 0.493 e. The molecule has 1 aromatic carbocycles. The molecule has 7 nitrogen and oxygen atoms in total. The minimum atomic E-state index is 0.255. The van der Waals surface area contributed by atoms with E-state index in [4.69, 9.17) is 14.0 Å². The normalized spacial score (nSPS) is 22.8. The molecule has 2 aromatic rings. The van der Waals surface area contributed by atoms with Gasteiger partial charge in [0.2, 0.25) is 5.91 Å². The molecule has 196 valence electrons. The first-order chi connectivity index (χ1) is 17.6. The fourth-order valence-corrected chi connectivity index (χ4v) is 6.43. The smallest absolute Gasteiger partial charge is 0.223 e. The van der Waals surface area contributed by atoms with E-state index in [1.165, 1.54) is 37.7 Å². The molecule has 36 heavy (non-hydrogen) atoms. The van der Waals surface area contributed by atoms with Crippen molar-refractivity contribution in [2.24, 2.45) is 17.8 Å². The molecule has 0 radical (unpaired) electrons. The number of carbonyl (C=O) groups is 1. The molecule has 1 amide bonds. The highest BCUT2D eigenvalue weighted by atomic mass is 16.5. The molecule has 3 heterocycles. The van der Waals surface area contributed by atoms with Crippen LogP contribution in [0.3, 0.4) is 0 Å². The average Bonchev–Trinajstić information content (AvgIpc) is 3.35. The van der Waals surface area contributed by atoms with E-state index in [1.54, 1.807) is 14.2 Å². The number of amides is 1. The summed E-state index contributed by atoms with van der Waals surface area (Å²) >= 11 is 0. The SMILES string of the molecule is COc1cc2c(cc1OC)CN(C(=O)CC1CCNCC1Cc1cc(CC3CCCCC3)on1)CC2. The number of hydrogen-bond acceptors (Lipinski definition) is 6. The first-order valence-corrected chi connectivity index (χ1v) is 13.8. The first-order valence-electron chi connectivity index (χ1n) is 13.8. The molecule has 2 fully saturated rings. The molecule has 5 rings (SSSR count). The van der Waals surface area contributed by atoms with Crippen molar-refractivity contribution in [3.8, 4) is 11.5 Å². The Kier molecular flexibility index (Phi) is 8.15. The zero-order chi connectivity index (χ0) is 24.9. The number of aromatic nitrogens is 1. The summed E-state index contributed by atoms with van der Waals surface area (Å²) in [5, 5.41) is 7.95. The van der Waals surface area contributed by atoms with Gasteiger partial charge in [-0.3, -0.25) is 4.79 Å². The molecule has 2 atom stereocenters. The fourth-order valence-electron chi connectivity index (χ4n) is 6.43. The number of methoxy groups -OCH3 is 2. The van der Waals surface area contributed by atoms with Gasteiger partial charge in [0.25, 0.3) is 0 Å². The number of rotatable bonds is 8. The van der Waals surface area contributed by atoms with Crippen LogP contribution in [0.1, 0.15) is 67.5 Å². The van der Waals surface area contributed by atoms with Crippen molar-refractivity contribution < 1.29 is 18.8 Å². The van der Waals surface area contributed by atoms with E-state index in [9.17, 15) is 4.79 Å². The van der Waals surface area contributed by atoms with Crippen molar-refractivity contribution in [1.29, 1.82) is 0 Å². The van der Waals surface area contributed by atoms with Crippen molar-refractivity contribution in [3.63, 3.8) is 0 Å². The fraction of sp³-hybridized carbons (Fsp3) is 0.655. The minimum absolute atomic E-state index is 0.255. The molecule has 0 bridgehead atoms. The molecule has 1 saturated heterocycles. The first kappa shape index (κ1) is 25.1. The Morgan fingerprint density at radius 3 is 2.58 bits per heavy atom. The van der Waals surface area contributed by atoms with E-state index in [-0.39, 0.29) is 5.91 Å². The Morgan fingerprint density at radius 2 is 1.81 bits per heavy atom. The highest BCUT2D eigenvalue weighted by Crippen LogP contribution is 2.34. The van der Waals surface area contributed by atoms with Gasteiger partial charge in [0.15, 0.2) is 11.5 Å². The molecular formula is C29H41N3O4. The number of carbonyl (C=O) groups excluding carboxylic acids is 1. The Hall–Kier alpha value is -2.54. The summed E-state index contributed by atoms with van der Waals surface area (Å²) in [6, 6.07) is 6.25. The zero-order valence-electron chi connectivity index (χ0n) is 21.9. The number of piperidine rings is 1. The van der Waals surface area contributed by atoms with Gasteiger partial charge in [-0.25, -0.2) is 0 Å². The molecule has 2 aliphatic heterocycles. The number of hydrogen-bond donors (Lipinski definition) is 1. The summed E-state index contributed by atoms with van der Waals surface area (Å²) in [5.41, 5.74) is 3.44. The molecule has 1 aliphatic carbocycles. The van der Waals surface area contributed by atoms with Crippen molar-refractivity contribution in [2.45, 2.75) is 70.8 Å². The summed E-state index contributed by atoms with van der Waals surface area (Å²) in [6.45, 7) is 3.30. The lowest BCUT2D eigenvalue weighted by atomic mass is 9.80. The van der Waals surface area contributed by atoms with Crippen LogP contribution in [0.25, 0.3) is 0 Å². The second kappa shape index (κ2) is 11.7. The van der Waals surface area contributed by atoms with E-state index < -0.39 is 0 Å². The molecule has 1 aromatic heterocycles. The van der Waals surface area contributed by atoms with Crippen LogP contribution in [0.4, 0.5) is 0 Å². The third-order valence-electron chi connectivity index (χ3n) is 8.57. The molecule has 0 spiro atoms. The third-order valence-corrected chi connectivity index (χ3v) is 8.57. The van der Waals surface area contributed by atoms with Gasteiger partial charge in [-0.1, -0.05) is 37.3 Å². The lowest BCUT2D eigenvalue weighted by molar-refractivity contribution is -0.133. The van der Waals surface area contributed by atoms with Crippen molar-refractivity contribution >= 4 is 5.91 Å². The van der Waals surface area contributed by atoms with E-state index in [0.717, 1.165) is 79.8 Å². The van der Waals surface area contributed by atoms with E-state index in [2.05, 4.69) is 22.6 Å². The van der Waals surface area contributed by atoms with Crippen LogP contribution in [0.15, 0.2) is 22.7 Å².